The van der Waals surface area contributed by atoms with E-state index in [4.69, 9.17) is 5.10 Å². The Bertz CT molecular complexity index is 1710. The number of phenolic OH excluding ortho intramolecular Hbond substituents is 1. The van der Waals surface area contributed by atoms with Crippen LogP contribution in [0.3, 0.4) is 0 Å². The Morgan fingerprint density at radius 1 is 1.00 bits per heavy atom. The van der Waals surface area contributed by atoms with Gasteiger partial charge in [-0.25, -0.2) is 14.6 Å². The first-order chi connectivity index (χ1) is 16.1. The van der Waals surface area contributed by atoms with E-state index in [2.05, 4.69) is 16.0 Å². The Kier molecular flexibility index (Phi) is 4.34. The van der Waals surface area contributed by atoms with Gasteiger partial charge in [-0.3, -0.25) is 9.36 Å². The molecule has 0 aliphatic rings. The van der Waals surface area contributed by atoms with Crippen molar-refractivity contribution in [3.8, 4) is 28.5 Å². The standard InChI is InChI=1S/C25H17N5O2S/c1-15-3-2-4-22(27-15)30-24(16-5-10-20-21(13-16)33-14-26-20)19-11-12-29(25(32)23(19)28-30)17-6-8-18(31)9-7-17/h2-14,31H,1H3. The summed E-state index contributed by atoms with van der Waals surface area (Å²) in [4.78, 5) is 22.5. The van der Waals surface area contributed by atoms with E-state index in [0.29, 0.717) is 17.0 Å². The molecule has 33 heavy (non-hydrogen) atoms. The third kappa shape index (κ3) is 3.19. The van der Waals surface area contributed by atoms with Gasteiger partial charge in [-0.2, -0.15) is 5.10 Å². The second kappa shape index (κ2) is 7.39. The minimum absolute atomic E-state index is 0.142. The lowest BCUT2D eigenvalue weighted by atomic mass is 10.1. The second-order valence-corrected chi connectivity index (χ2v) is 8.59. The molecule has 1 N–H and O–H groups in total. The van der Waals surface area contributed by atoms with Crippen molar-refractivity contribution < 1.29 is 5.11 Å². The maximum absolute atomic E-state index is 13.5. The molecule has 6 aromatic rings. The Balaban J connectivity index is 1.66. The van der Waals surface area contributed by atoms with E-state index in [9.17, 15) is 9.90 Å². The van der Waals surface area contributed by atoms with E-state index < -0.39 is 0 Å². The van der Waals surface area contributed by atoms with Gasteiger partial charge in [0.25, 0.3) is 5.56 Å². The highest BCUT2D eigenvalue weighted by Crippen LogP contribution is 2.32. The fraction of sp³-hybridized carbons (Fsp3) is 0.0400. The van der Waals surface area contributed by atoms with E-state index in [-0.39, 0.29) is 11.3 Å². The number of aromatic hydroxyl groups is 1. The molecule has 0 unspecified atom stereocenters. The number of thiazole rings is 1. The van der Waals surface area contributed by atoms with Crippen LogP contribution in [0, 0.1) is 6.92 Å². The average molecular weight is 452 g/mol. The third-order valence-electron chi connectivity index (χ3n) is 5.56. The van der Waals surface area contributed by atoms with Gasteiger partial charge in [-0.05, 0) is 61.5 Å². The Hall–Kier alpha value is -4.30. The van der Waals surface area contributed by atoms with Gasteiger partial charge < -0.3 is 5.11 Å². The molecule has 0 fully saturated rings. The molecule has 0 aliphatic heterocycles. The van der Waals surface area contributed by atoms with Gasteiger partial charge >= 0.3 is 0 Å². The fourth-order valence-electron chi connectivity index (χ4n) is 3.99. The normalized spacial score (nSPS) is 11.4. The number of rotatable bonds is 3. The maximum atomic E-state index is 13.5. The number of phenols is 1. The minimum Gasteiger partial charge on any atom is -0.508 e. The first-order valence-electron chi connectivity index (χ1n) is 10.3. The highest BCUT2D eigenvalue weighted by Gasteiger charge is 2.20. The molecule has 2 aromatic carbocycles. The summed E-state index contributed by atoms with van der Waals surface area (Å²) >= 11 is 1.57. The van der Waals surface area contributed by atoms with Gasteiger partial charge in [0.15, 0.2) is 11.3 Å². The van der Waals surface area contributed by atoms with Crippen molar-refractivity contribution in [2.75, 3.05) is 0 Å². The van der Waals surface area contributed by atoms with E-state index in [1.165, 1.54) is 4.57 Å². The van der Waals surface area contributed by atoms with Crippen molar-refractivity contribution >= 4 is 32.5 Å². The monoisotopic (exact) mass is 451 g/mol. The van der Waals surface area contributed by atoms with Crippen molar-refractivity contribution in [3.63, 3.8) is 0 Å². The van der Waals surface area contributed by atoms with Gasteiger partial charge in [0.2, 0.25) is 0 Å². The highest BCUT2D eigenvalue weighted by molar-refractivity contribution is 7.16. The first kappa shape index (κ1) is 19.4. The summed E-state index contributed by atoms with van der Waals surface area (Å²) in [7, 11) is 0. The molecule has 6 rings (SSSR count). The van der Waals surface area contributed by atoms with E-state index in [0.717, 1.165) is 32.6 Å². The Morgan fingerprint density at radius 3 is 2.67 bits per heavy atom. The van der Waals surface area contributed by atoms with Crippen molar-refractivity contribution in [2.45, 2.75) is 6.92 Å². The second-order valence-electron chi connectivity index (χ2n) is 7.70. The zero-order valence-electron chi connectivity index (χ0n) is 17.5. The lowest BCUT2D eigenvalue weighted by Gasteiger charge is -2.08. The zero-order chi connectivity index (χ0) is 22.5. The van der Waals surface area contributed by atoms with Gasteiger partial charge in [0.1, 0.15) is 5.75 Å². The molecule has 0 spiro atoms. The number of nitrogens with zero attached hydrogens (tertiary/aromatic N) is 5. The van der Waals surface area contributed by atoms with Crippen molar-refractivity contribution in [2.24, 2.45) is 0 Å². The number of pyridine rings is 2. The van der Waals surface area contributed by atoms with Crippen LogP contribution in [0.5, 0.6) is 5.75 Å². The molecule has 0 amide bonds. The number of fused-ring (bicyclic) bond motifs is 2. The summed E-state index contributed by atoms with van der Waals surface area (Å²) in [5, 5.41) is 15.1. The van der Waals surface area contributed by atoms with Crippen LogP contribution < -0.4 is 5.56 Å². The molecular weight excluding hydrogens is 434 g/mol. The Morgan fingerprint density at radius 2 is 1.85 bits per heavy atom. The molecule has 4 heterocycles. The number of hydrogen-bond acceptors (Lipinski definition) is 6. The lowest BCUT2D eigenvalue weighted by molar-refractivity contribution is 0.475. The summed E-state index contributed by atoms with van der Waals surface area (Å²) < 4.78 is 4.32. The molecule has 0 saturated heterocycles. The van der Waals surface area contributed by atoms with Crippen LogP contribution in [-0.2, 0) is 0 Å². The zero-order valence-corrected chi connectivity index (χ0v) is 18.3. The van der Waals surface area contributed by atoms with Gasteiger partial charge in [0.05, 0.1) is 21.4 Å². The summed E-state index contributed by atoms with van der Waals surface area (Å²) in [5.74, 6) is 0.782. The summed E-state index contributed by atoms with van der Waals surface area (Å²) in [6, 6.07) is 20.2. The summed E-state index contributed by atoms with van der Waals surface area (Å²) in [5.41, 5.74) is 6.09. The predicted molar refractivity (Wildman–Crippen MR) is 129 cm³/mol. The fourth-order valence-corrected chi connectivity index (χ4v) is 4.70. The summed E-state index contributed by atoms with van der Waals surface area (Å²) in [6.07, 6.45) is 1.74. The van der Waals surface area contributed by atoms with Gasteiger partial charge in [0, 0.05) is 28.5 Å². The van der Waals surface area contributed by atoms with Crippen LogP contribution in [0.25, 0.3) is 43.9 Å². The van der Waals surface area contributed by atoms with Crippen LogP contribution >= 0.6 is 11.3 Å². The highest BCUT2D eigenvalue weighted by atomic mass is 32.1. The molecule has 0 saturated carbocycles. The quantitative estimate of drug-likeness (QED) is 0.415. The maximum Gasteiger partial charge on any atom is 0.283 e. The van der Waals surface area contributed by atoms with Gasteiger partial charge in [-0.15, -0.1) is 11.3 Å². The average Bonchev–Trinajstić information content (AvgIpc) is 3.44. The van der Waals surface area contributed by atoms with Gasteiger partial charge in [-0.1, -0.05) is 12.1 Å². The molecule has 8 heteroatoms. The number of aryl methyl sites for hydroxylation is 1. The van der Waals surface area contributed by atoms with Crippen LogP contribution in [0.15, 0.2) is 83.2 Å². The van der Waals surface area contributed by atoms with Crippen LogP contribution in [0.4, 0.5) is 0 Å². The van der Waals surface area contributed by atoms with E-state index >= 15 is 0 Å². The predicted octanol–water partition coefficient (Wildman–Crippen LogP) is 4.86. The third-order valence-corrected chi connectivity index (χ3v) is 6.35. The molecule has 0 bridgehead atoms. The van der Waals surface area contributed by atoms with Crippen LogP contribution in [0.1, 0.15) is 5.69 Å². The largest absolute Gasteiger partial charge is 0.508 e. The van der Waals surface area contributed by atoms with Crippen LogP contribution in [0.2, 0.25) is 0 Å². The van der Waals surface area contributed by atoms with E-state index in [1.54, 1.807) is 46.5 Å². The number of aromatic nitrogens is 5. The number of hydrogen-bond donors (Lipinski definition) is 1. The van der Waals surface area contributed by atoms with E-state index in [1.807, 2.05) is 48.8 Å². The van der Waals surface area contributed by atoms with Crippen molar-refractivity contribution in [3.05, 3.63) is 94.5 Å². The Labute approximate surface area is 191 Å². The first-order valence-corrected chi connectivity index (χ1v) is 11.2. The van der Waals surface area contributed by atoms with Crippen LogP contribution in [-0.4, -0.2) is 29.4 Å². The van der Waals surface area contributed by atoms with Crippen molar-refractivity contribution in [1.29, 1.82) is 0 Å². The topological polar surface area (TPSA) is 85.8 Å². The molecule has 4 aromatic heterocycles. The summed E-state index contributed by atoms with van der Waals surface area (Å²) in [6.45, 7) is 1.92. The molecule has 160 valence electrons. The molecule has 0 radical (unpaired) electrons. The van der Waals surface area contributed by atoms with Crippen molar-refractivity contribution in [1.82, 2.24) is 24.3 Å². The molecule has 0 atom stereocenters. The molecular formula is C25H17N5O2S. The molecule has 7 nitrogen and oxygen atoms in total. The molecule has 0 aliphatic carbocycles. The minimum atomic E-state index is -0.246. The number of benzene rings is 2. The SMILES string of the molecule is Cc1cccc(-n2nc3c(=O)n(-c4ccc(O)cc4)ccc3c2-c2ccc3ncsc3c2)n1. The lowest BCUT2D eigenvalue weighted by Crippen LogP contribution is -2.17. The smallest absolute Gasteiger partial charge is 0.283 e.